The van der Waals surface area contributed by atoms with Gasteiger partial charge in [-0.25, -0.2) is 13.4 Å². The van der Waals surface area contributed by atoms with Crippen LogP contribution in [0.3, 0.4) is 0 Å². The van der Waals surface area contributed by atoms with Gasteiger partial charge in [0, 0.05) is 12.0 Å². The van der Waals surface area contributed by atoms with Crippen molar-refractivity contribution in [3.63, 3.8) is 0 Å². The lowest BCUT2D eigenvalue weighted by Gasteiger charge is -2.07. The molecule has 0 bridgehead atoms. The third-order valence-electron chi connectivity index (χ3n) is 2.71. The van der Waals surface area contributed by atoms with E-state index in [4.69, 9.17) is 0 Å². The highest BCUT2D eigenvalue weighted by Crippen LogP contribution is 2.22. The van der Waals surface area contributed by atoms with Crippen LogP contribution in [-0.2, 0) is 9.84 Å². The number of aromatic amines is 1. The first kappa shape index (κ1) is 14.4. The molecule has 4 nitrogen and oxygen atoms in total. The van der Waals surface area contributed by atoms with E-state index in [0.29, 0.717) is 0 Å². The summed E-state index contributed by atoms with van der Waals surface area (Å²) in [6, 6.07) is 6.08. The van der Waals surface area contributed by atoms with Crippen LogP contribution in [0.25, 0.3) is 11.0 Å². The van der Waals surface area contributed by atoms with Crippen molar-refractivity contribution in [2.24, 2.45) is 5.92 Å². The van der Waals surface area contributed by atoms with Gasteiger partial charge in [-0.2, -0.15) is 0 Å². The molecule has 1 heterocycles. The van der Waals surface area contributed by atoms with Crippen LogP contribution in [0.2, 0.25) is 0 Å². The molecule has 1 atom stereocenters. The minimum atomic E-state index is -2.90. The van der Waals surface area contributed by atoms with Crippen LogP contribution in [0.15, 0.2) is 23.4 Å². The number of hydrogen-bond donors (Lipinski definition) is 1. The van der Waals surface area contributed by atoms with Gasteiger partial charge in [0.2, 0.25) is 0 Å². The van der Waals surface area contributed by atoms with E-state index in [1.165, 1.54) is 11.8 Å². The number of fused-ring (bicyclic) bond motifs is 1. The molecule has 0 aliphatic rings. The van der Waals surface area contributed by atoms with E-state index in [1.807, 2.05) is 26.0 Å². The average molecular weight is 298 g/mol. The fourth-order valence-corrected chi connectivity index (χ4v) is 4.16. The van der Waals surface area contributed by atoms with Gasteiger partial charge in [0.25, 0.3) is 0 Å². The summed E-state index contributed by atoms with van der Waals surface area (Å²) >= 11 is 1.57. The van der Waals surface area contributed by atoms with Gasteiger partial charge in [-0.3, -0.25) is 0 Å². The Kier molecular flexibility index (Phi) is 4.20. The zero-order valence-corrected chi connectivity index (χ0v) is 12.9. The first-order valence-corrected chi connectivity index (χ1v) is 9.15. The van der Waals surface area contributed by atoms with Crippen LogP contribution >= 0.6 is 11.8 Å². The van der Waals surface area contributed by atoms with Gasteiger partial charge in [0.15, 0.2) is 5.16 Å². The van der Waals surface area contributed by atoms with E-state index in [2.05, 4.69) is 16.0 Å². The molecule has 0 aliphatic heterocycles. The van der Waals surface area contributed by atoms with E-state index in [0.717, 1.165) is 21.9 Å². The standard InChI is InChI=1S/C13H18N2O2S2/c1-9-4-5-11-12(6-9)15-13(14-11)18-7-10(2)8-19(3,16)17/h4-6,10H,7-8H2,1-3H3,(H,14,15)/t10-/m0/s1. The molecule has 0 saturated heterocycles. The molecule has 0 saturated carbocycles. The summed E-state index contributed by atoms with van der Waals surface area (Å²) in [5, 5.41) is 0.848. The smallest absolute Gasteiger partial charge is 0.166 e. The molecule has 0 fully saturated rings. The van der Waals surface area contributed by atoms with Gasteiger partial charge in [-0.05, 0) is 30.5 Å². The molecule has 2 rings (SSSR count). The summed E-state index contributed by atoms with van der Waals surface area (Å²) in [4.78, 5) is 7.74. The number of sulfone groups is 1. The predicted octanol–water partition coefficient (Wildman–Crippen LogP) is 2.64. The number of thioether (sulfide) groups is 1. The summed E-state index contributed by atoms with van der Waals surface area (Å²) < 4.78 is 22.4. The molecule has 1 aromatic heterocycles. The number of nitrogens with one attached hydrogen (secondary N) is 1. The summed E-state index contributed by atoms with van der Waals surface area (Å²) in [7, 11) is -2.90. The predicted molar refractivity (Wildman–Crippen MR) is 80.4 cm³/mol. The number of H-pyrrole nitrogens is 1. The summed E-state index contributed by atoms with van der Waals surface area (Å²) in [6.45, 7) is 3.99. The lowest BCUT2D eigenvalue weighted by molar-refractivity contribution is 0.589. The second-order valence-corrected chi connectivity index (χ2v) is 8.26. The van der Waals surface area contributed by atoms with Crippen molar-refractivity contribution in [3.05, 3.63) is 23.8 Å². The number of hydrogen-bond acceptors (Lipinski definition) is 4. The highest BCUT2D eigenvalue weighted by molar-refractivity contribution is 7.99. The van der Waals surface area contributed by atoms with Crippen molar-refractivity contribution >= 4 is 32.6 Å². The summed E-state index contributed by atoms with van der Waals surface area (Å²) in [5.74, 6) is 1.08. The average Bonchev–Trinajstić information content (AvgIpc) is 2.66. The molecule has 0 spiro atoms. The first-order chi connectivity index (χ1) is 8.83. The quantitative estimate of drug-likeness (QED) is 0.862. The summed E-state index contributed by atoms with van der Waals surface area (Å²) in [5.41, 5.74) is 3.17. The second kappa shape index (κ2) is 5.54. The van der Waals surface area contributed by atoms with Crippen LogP contribution in [0.4, 0.5) is 0 Å². The van der Waals surface area contributed by atoms with Crippen LogP contribution in [0.1, 0.15) is 12.5 Å². The fourth-order valence-electron chi connectivity index (χ4n) is 1.95. The summed E-state index contributed by atoms with van der Waals surface area (Å²) in [6.07, 6.45) is 1.28. The van der Waals surface area contributed by atoms with Crippen LogP contribution in [0, 0.1) is 12.8 Å². The molecule has 104 valence electrons. The molecule has 0 unspecified atom stereocenters. The number of aryl methyl sites for hydroxylation is 1. The monoisotopic (exact) mass is 298 g/mol. The molecule has 0 radical (unpaired) electrons. The van der Waals surface area contributed by atoms with E-state index in [9.17, 15) is 8.42 Å². The van der Waals surface area contributed by atoms with Crippen LogP contribution in [0.5, 0.6) is 0 Å². The maximum absolute atomic E-state index is 11.2. The Hall–Kier alpha value is -1.01. The minimum Gasteiger partial charge on any atom is -0.333 e. The zero-order chi connectivity index (χ0) is 14.0. The van der Waals surface area contributed by atoms with E-state index < -0.39 is 9.84 Å². The lowest BCUT2D eigenvalue weighted by atomic mass is 10.2. The molecule has 1 N–H and O–H groups in total. The fraction of sp³-hybridized carbons (Fsp3) is 0.462. The molecule has 19 heavy (non-hydrogen) atoms. The van der Waals surface area contributed by atoms with Gasteiger partial charge >= 0.3 is 0 Å². The van der Waals surface area contributed by atoms with E-state index in [-0.39, 0.29) is 11.7 Å². The Balaban J connectivity index is 2.02. The Morgan fingerprint density at radius 2 is 2.16 bits per heavy atom. The normalized spacial score (nSPS) is 13.8. The number of nitrogens with zero attached hydrogens (tertiary/aromatic N) is 1. The Morgan fingerprint density at radius 3 is 2.84 bits per heavy atom. The number of rotatable bonds is 5. The van der Waals surface area contributed by atoms with Gasteiger partial charge in [-0.15, -0.1) is 0 Å². The van der Waals surface area contributed by atoms with Crippen molar-refractivity contribution in [2.75, 3.05) is 17.8 Å². The molecular weight excluding hydrogens is 280 g/mol. The topological polar surface area (TPSA) is 62.8 Å². The van der Waals surface area contributed by atoms with Gasteiger partial charge in [0.05, 0.1) is 16.8 Å². The van der Waals surface area contributed by atoms with Crippen LogP contribution in [-0.4, -0.2) is 36.1 Å². The van der Waals surface area contributed by atoms with Gasteiger partial charge < -0.3 is 4.98 Å². The third-order valence-corrected chi connectivity index (χ3v) is 5.08. The zero-order valence-electron chi connectivity index (χ0n) is 11.3. The van der Waals surface area contributed by atoms with E-state index >= 15 is 0 Å². The number of benzene rings is 1. The van der Waals surface area contributed by atoms with Crippen molar-refractivity contribution in [2.45, 2.75) is 19.0 Å². The number of aromatic nitrogens is 2. The molecule has 6 heteroatoms. The maximum atomic E-state index is 11.2. The Morgan fingerprint density at radius 1 is 1.42 bits per heavy atom. The van der Waals surface area contributed by atoms with Crippen molar-refractivity contribution in [1.82, 2.24) is 9.97 Å². The third kappa shape index (κ3) is 4.24. The maximum Gasteiger partial charge on any atom is 0.166 e. The minimum absolute atomic E-state index is 0.120. The van der Waals surface area contributed by atoms with E-state index in [1.54, 1.807) is 11.8 Å². The Labute approximate surface area is 117 Å². The Bertz CT molecular complexity index is 677. The van der Waals surface area contributed by atoms with Gasteiger partial charge in [0.1, 0.15) is 9.84 Å². The number of imidazole rings is 1. The van der Waals surface area contributed by atoms with Crippen LogP contribution < -0.4 is 0 Å². The van der Waals surface area contributed by atoms with Crippen molar-refractivity contribution in [3.8, 4) is 0 Å². The lowest BCUT2D eigenvalue weighted by Crippen LogP contribution is -2.13. The molecular formula is C13H18N2O2S2. The molecule has 0 amide bonds. The van der Waals surface area contributed by atoms with Crippen molar-refractivity contribution < 1.29 is 8.42 Å². The highest BCUT2D eigenvalue weighted by atomic mass is 32.2. The molecule has 0 aliphatic carbocycles. The largest absolute Gasteiger partial charge is 0.333 e. The van der Waals surface area contributed by atoms with Gasteiger partial charge in [-0.1, -0.05) is 24.8 Å². The SMILES string of the molecule is Cc1ccc2nc(SC[C@H](C)CS(C)(=O)=O)[nH]c2c1. The van der Waals surface area contributed by atoms with Crippen molar-refractivity contribution in [1.29, 1.82) is 0 Å². The second-order valence-electron chi connectivity index (χ2n) is 5.07. The highest BCUT2D eigenvalue weighted by Gasteiger charge is 2.12. The molecule has 1 aromatic carbocycles. The molecule has 2 aromatic rings. The first-order valence-electron chi connectivity index (χ1n) is 6.10.